The van der Waals surface area contributed by atoms with Crippen LogP contribution in [0.5, 0.6) is 11.5 Å². The SMILES string of the molecule is CCOCCOc1ccccc1NC(=S)NC(=O)/C=C/c1ccc(OCC)cc1. The summed E-state index contributed by atoms with van der Waals surface area (Å²) in [5.41, 5.74) is 1.56. The molecular formula is C22H26N2O4S. The number of thiocarbonyl (C=S) groups is 1. The van der Waals surface area contributed by atoms with Gasteiger partial charge in [-0.25, -0.2) is 0 Å². The molecule has 0 bridgehead atoms. The highest BCUT2D eigenvalue weighted by atomic mass is 32.1. The normalized spacial score (nSPS) is 10.6. The van der Waals surface area contributed by atoms with Crippen LogP contribution in [0.4, 0.5) is 5.69 Å². The van der Waals surface area contributed by atoms with Crippen LogP contribution in [0.3, 0.4) is 0 Å². The van der Waals surface area contributed by atoms with Crippen molar-refractivity contribution < 1.29 is 19.0 Å². The van der Waals surface area contributed by atoms with Crippen LogP contribution >= 0.6 is 12.2 Å². The molecule has 2 N–H and O–H groups in total. The van der Waals surface area contributed by atoms with Crippen LogP contribution < -0.4 is 20.1 Å². The number of hydrogen-bond donors (Lipinski definition) is 2. The summed E-state index contributed by atoms with van der Waals surface area (Å²) in [7, 11) is 0. The van der Waals surface area contributed by atoms with E-state index < -0.39 is 0 Å². The van der Waals surface area contributed by atoms with Gasteiger partial charge < -0.3 is 19.5 Å². The zero-order chi connectivity index (χ0) is 20.9. The minimum atomic E-state index is -0.328. The number of benzene rings is 2. The predicted molar refractivity (Wildman–Crippen MR) is 119 cm³/mol. The number of anilines is 1. The highest BCUT2D eigenvalue weighted by Crippen LogP contribution is 2.23. The van der Waals surface area contributed by atoms with E-state index >= 15 is 0 Å². The van der Waals surface area contributed by atoms with Crippen molar-refractivity contribution in [3.8, 4) is 11.5 Å². The molecule has 6 nitrogen and oxygen atoms in total. The minimum Gasteiger partial charge on any atom is -0.494 e. The Morgan fingerprint density at radius 2 is 1.76 bits per heavy atom. The largest absolute Gasteiger partial charge is 0.494 e. The molecule has 0 aliphatic heterocycles. The third kappa shape index (κ3) is 8.33. The maximum atomic E-state index is 12.1. The first-order valence-electron chi connectivity index (χ1n) is 9.44. The Morgan fingerprint density at radius 3 is 2.48 bits per heavy atom. The van der Waals surface area contributed by atoms with Gasteiger partial charge in [-0.15, -0.1) is 0 Å². The topological polar surface area (TPSA) is 68.8 Å². The number of carbonyl (C=O) groups is 1. The molecule has 0 aliphatic carbocycles. The van der Waals surface area contributed by atoms with Crippen LogP contribution in [-0.2, 0) is 9.53 Å². The first-order chi connectivity index (χ1) is 14.1. The quantitative estimate of drug-likeness (QED) is 0.348. The van der Waals surface area contributed by atoms with Gasteiger partial charge in [0.05, 0.1) is 18.9 Å². The van der Waals surface area contributed by atoms with Crippen molar-refractivity contribution in [2.75, 3.05) is 31.7 Å². The van der Waals surface area contributed by atoms with Crippen LogP contribution in [0, 0.1) is 0 Å². The molecule has 29 heavy (non-hydrogen) atoms. The van der Waals surface area contributed by atoms with Gasteiger partial charge in [0.1, 0.15) is 18.1 Å². The second-order valence-electron chi connectivity index (χ2n) is 5.82. The summed E-state index contributed by atoms with van der Waals surface area (Å²) in [5.74, 6) is 1.10. The Labute approximate surface area is 176 Å². The van der Waals surface area contributed by atoms with Gasteiger partial charge in [0.25, 0.3) is 0 Å². The summed E-state index contributed by atoms with van der Waals surface area (Å²) in [5, 5.41) is 5.80. The Morgan fingerprint density at radius 1 is 1.00 bits per heavy atom. The van der Waals surface area contributed by atoms with E-state index in [0.29, 0.717) is 37.9 Å². The van der Waals surface area contributed by atoms with Crippen molar-refractivity contribution in [2.24, 2.45) is 0 Å². The molecule has 0 heterocycles. The summed E-state index contributed by atoms with van der Waals surface area (Å²) in [6.45, 7) is 6.05. The lowest BCUT2D eigenvalue weighted by Gasteiger charge is -2.13. The summed E-state index contributed by atoms with van der Waals surface area (Å²) < 4.78 is 16.4. The smallest absolute Gasteiger partial charge is 0.250 e. The molecule has 0 saturated heterocycles. The van der Waals surface area contributed by atoms with Gasteiger partial charge in [-0.3, -0.25) is 10.1 Å². The van der Waals surface area contributed by atoms with E-state index in [-0.39, 0.29) is 11.0 Å². The maximum absolute atomic E-state index is 12.1. The summed E-state index contributed by atoms with van der Waals surface area (Å²) in [4.78, 5) is 12.1. The predicted octanol–water partition coefficient (Wildman–Crippen LogP) is 4.03. The van der Waals surface area contributed by atoms with Gasteiger partial charge in [-0.2, -0.15) is 0 Å². The average Bonchev–Trinajstić information content (AvgIpc) is 2.72. The molecule has 154 valence electrons. The highest BCUT2D eigenvalue weighted by Gasteiger charge is 2.07. The van der Waals surface area contributed by atoms with Crippen LogP contribution in [-0.4, -0.2) is 37.4 Å². The number of carbonyl (C=O) groups excluding carboxylic acids is 1. The second kappa shape index (κ2) is 12.5. The molecule has 7 heteroatoms. The summed E-state index contributed by atoms with van der Waals surface area (Å²) >= 11 is 5.23. The molecule has 1 amide bonds. The average molecular weight is 415 g/mol. The van der Waals surface area contributed by atoms with Gasteiger partial charge in [0.2, 0.25) is 5.91 Å². The molecule has 0 fully saturated rings. The lowest BCUT2D eigenvalue weighted by atomic mass is 10.2. The molecular weight excluding hydrogens is 388 g/mol. The van der Waals surface area contributed by atoms with E-state index in [0.717, 1.165) is 11.3 Å². The van der Waals surface area contributed by atoms with Gasteiger partial charge >= 0.3 is 0 Å². The molecule has 0 aliphatic rings. The van der Waals surface area contributed by atoms with Crippen molar-refractivity contribution in [1.29, 1.82) is 0 Å². The van der Waals surface area contributed by atoms with E-state index in [2.05, 4.69) is 10.6 Å². The number of ether oxygens (including phenoxy) is 3. The zero-order valence-corrected chi connectivity index (χ0v) is 17.5. The summed E-state index contributed by atoms with van der Waals surface area (Å²) in [6.07, 6.45) is 3.13. The van der Waals surface area contributed by atoms with Crippen molar-refractivity contribution in [2.45, 2.75) is 13.8 Å². The Kier molecular flexibility index (Phi) is 9.68. The lowest BCUT2D eigenvalue weighted by Crippen LogP contribution is -2.33. The fraction of sp³-hybridized carbons (Fsp3) is 0.273. The lowest BCUT2D eigenvalue weighted by molar-refractivity contribution is -0.115. The Balaban J connectivity index is 1.86. The fourth-order valence-electron chi connectivity index (χ4n) is 2.37. The standard InChI is InChI=1S/C22H26N2O4S/c1-3-26-15-16-28-20-8-6-5-7-19(20)23-22(29)24-21(25)14-11-17-9-12-18(13-10-17)27-4-2/h5-14H,3-4,15-16H2,1-2H3,(H2,23,24,25,29)/b14-11+. The molecule has 2 rings (SSSR count). The number of nitrogens with one attached hydrogen (secondary N) is 2. The van der Waals surface area contributed by atoms with Crippen molar-refractivity contribution >= 4 is 35.0 Å². The molecule has 0 radical (unpaired) electrons. The van der Waals surface area contributed by atoms with Crippen molar-refractivity contribution in [3.05, 3.63) is 60.2 Å². The third-order valence-corrected chi connectivity index (χ3v) is 3.88. The van der Waals surface area contributed by atoms with Crippen molar-refractivity contribution in [1.82, 2.24) is 5.32 Å². The Bertz CT molecular complexity index is 822. The molecule has 0 atom stereocenters. The van der Waals surface area contributed by atoms with E-state index in [9.17, 15) is 4.79 Å². The first kappa shape index (κ1) is 22.4. The van der Waals surface area contributed by atoms with Crippen LogP contribution in [0.25, 0.3) is 6.08 Å². The van der Waals surface area contributed by atoms with Gasteiger partial charge in [0.15, 0.2) is 5.11 Å². The number of para-hydroxylation sites is 2. The first-order valence-corrected chi connectivity index (χ1v) is 9.85. The monoisotopic (exact) mass is 414 g/mol. The second-order valence-corrected chi connectivity index (χ2v) is 6.23. The zero-order valence-electron chi connectivity index (χ0n) is 16.6. The summed E-state index contributed by atoms with van der Waals surface area (Å²) in [6, 6.07) is 14.8. The molecule has 2 aromatic carbocycles. The molecule has 0 saturated carbocycles. The van der Waals surface area contributed by atoms with E-state index in [4.69, 9.17) is 26.4 Å². The fourth-order valence-corrected chi connectivity index (χ4v) is 2.58. The van der Waals surface area contributed by atoms with Crippen LogP contribution in [0.1, 0.15) is 19.4 Å². The number of rotatable bonds is 10. The molecule has 0 unspecified atom stereocenters. The van der Waals surface area contributed by atoms with E-state index in [1.165, 1.54) is 6.08 Å². The highest BCUT2D eigenvalue weighted by molar-refractivity contribution is 7.80. The molecule has 0 aromatic heterocycles. The van der Waals surface area contributed by atoms with Gasteiger partial charge in [0, 0.05) is 12.7 Å². The number of hydrogen-bond acceptors (Lipinski definition) is 5. The molecule has 2 aromatic rings. The van der Waals surface area contributed by atoms with Gasteiger partial charge in [-0.1, -0.05) is 24.3 Å². The van der Waals surface area contributed by atoms with Crippen molar-refractivity contribution in [3.63, 3.8) is 0 Å². The van der Waals surface area contributed by atoms with E-state index in [1.54, 1.807) is 6.08 Å². The minimum absolute atomic E-state index is 0.187. The van der Waals surface area contributed by atoms with Crippen LogP contribution in [0.15, 0.2) is 54.6 Å². The van der Waals surface area contributed by atoms with E-state index in [1.807, 2.05) is 62.4 Å². The third-order valence-electron chi connectivity index (χ3n) is 3.68. The maximum Gasteiger partial charge on any atom is 0.250 e. The van der Waals surface area contributed by atoms with Gasteiger partial charge in [-0.05, 0) is 62.0 Å². The van der Waals surface area contributed by atoms with Crippen LogP contribution in [0.2, 0.25) is 0 Å². The number of amides is 1. The molecule has 0 spiro atoms. The Hall–Kier alpha value is -2.90.